The lowest BCUT2D eigenvalue weighted by molar-refractivity contribution is -0.131. The standard InChI is InChI=1S/C18H19NO3/c1-19-16(20)11-13-14(21-2)9-10-15(22-3)17(13)18(19)12-7-5-4-6-8-12/h4-10,18H,11H2,1-3H3. The third-order valence-corrected chi connectivity index (χ3v) is 4.21. The van der Waals surface area contributed by atoms with Gasteiger partial charge >= 0.3 is 0 Å². The number of rotatable bonds is 3. The van der Waals surface area contributed by atoms with Gasteiger partial charge in [0.1, 0.15) is 11.5 Å². The normalized spacial score (nSPS) is 17.1. The van der Waals surface area contributed by atoms with Crippen molar-refractivity contribution in [3.8, 4) is 11.5 Å². The molecule has 0 aliphatic carbocycles. The predicted molar refractivity (Wildman–Crippen MR) is 84.3 cm³/mol. The van der Waals surface area contributed by atoms with E-state index in [9.17, 15) is 4.79 Å². The number of ether oxygens (including phenoxy) is 2. The zero-order valence-corrected chi connectivity index (χ0v) is 13.0. The van der Waals surface area contributed by atoms with Crippen molar-refractivity contribution in [2.45, 2.75) is 12.5 Å². The fourth-order valence-electron chi connectivity index (χ4n) is 3.11. The van der Waals surface area contributed by atoms with Gasteiger partial charge in [0.2, 0.25) is 5.91 Å². The smallest absolute Gasteiger partial charge is 0.227 e. The monoisotopic (exact) mass is 297 g/mol. The largest absolute Gasteiger partial charge is 0.496 e. The van der Waals surface area contributed by atoms with Crippen molar-refractivity contribution >= 4 is 5.91 Å². The Morgan fingerprint density at radius 2 is 1.64 bits per heavy atom. The summed E-state index contributed by atoms with van der Waals surface area (Å²) in [5.74, 6) is 1.59. The molecule has 0 fully saturated rings. The van der Waals surface area contributed by atoms with Crippen LogP contribution in [0.1, 0.15) is 22.7 Å². The number of carbonyl (C=O) groups is 1. The van der Waals surface area contributed by atoms with Crippen molar-refractivity contribution in [1.29, 1.82) is 0 Å². The maximum absolute atomic E-state index is 12.4. The van der Waals surface area contributed by atoms with E-state index in [1.807, 2.05) is 49.5 Å². The molecule has 22 heavy (non-hydrogen) atoms. The number of nitrogens with zero attached hydrogens (tertiary/aromatic N) is 1. The van der Waals surface area contributed by atoms with Gasteiger partial charge in [-0.15, -0.1) is 0 Å². The first-order chi connectivity index (χ1) is 10.7. The van der Waals surface area contributed by atoms with Gasteiger partial charge in [0.25, 0.3) is 0 Å². The van der Waals surface area contributed by atoms with Crippen LogP contribution in [0.25, 0.3) is 0 Å². The highest BCUT2D eigenvalue weighted by Gasteiger charge is 2.35. The van der Waals surface area contributed by atoms with E-state index in [-0.39, 0.29) is 11.9 Å². The van der Waals surface area contributed by atoms with E-state index < -0.39 is 0 Å². The van der Waals surface area contributed by atoms with Gasteiger partial charge in [0.15, 0.2) is 0 Å². The molecule has 2 aromatic rings. The molecule has 1 unspecified atom stereocenters. The van der Waals surface area contributed by atoms with Crippen LogP contribution in [0.15, 0.2) is 42.5 Å². The van der Waals surface area contributed by atoms with Crippen LogP contribution >= 0.6 is 0 Å². The molecule has 1 heterocycles. The zero-order chi connectivity index (χ0) is 15.7. The van der Waals surface area contributed by atoms with E-state index in [4.69, 9.17) is 9.47 Å². The first-order valence-electron chi connectivity index (χ1n) is 7.21. The molecule has 0 bridgehead atoms. The Labute approximate surface area is 130 Å². The highest BCUT2D eigenvalue weighted by molar-refractivity contribution is 5.84. The molecule has 0 aromatic heterocycles. The van der Waals surface area contributed by atoms with E-state index in [1.54, 1.807) is 19.1 Å². The van der Waals surface area contributed by atoms with Crippen molar-refractivity contribution in [1.82, 2.24) is 4.90 Å². The van der Waals surface area contributed by atoms with Crippen LogP contribution in [0.5, 0.6) is 11.5 Å². The Balaban J connectivity index is 2.26. The van der Waals surface area contributed by atoms with E-state index in [0.29, 0.717) is 6.42 Å². The maximum Gasteiger partial charge on any atom is 0.227 e. The molecular weight excluding hydrogens is 278 g/mol. The average molecular weight is 297 g/mol. The van der Waals surface area contributed by atoms with E-state index in [0.717, 1.165) is 28.2 Å². The molecule has 4 heteroatoms. The SMILES string of the molecule is COc1ccc(OC)c2c1CC(=O)N(C)C2c1ccccc1. The number of carbonyl (C=O) groups excluding carboxylic acids is 1. The summed E-state index contributed by atoms with van der Waals surface area (Å²) < 4.78 is 11.0. The lowest BCUT2D eigenvalue weighted by Crippen LogP contribution is -2.38. The van der Waals surface area contributed by atoms with Gasteiger partial charge in [-0.1, -0.05) is 30.3 Å². The molecule has 0 radical (unpaired) electrons. The third kappa shape index (κ3) is 2.21. The Morgan fingerprint density at radius 3 is 2.27 bits per heavy atom. The summed E-state index contributed by atoms with van der Waals surface area (Å²) in [5.41, 5.74) is 2.99. The second-order valence-electron chi connectivity index (χ2n) is 5.36. The van der Waals surface area contributed by atoms with Crippen molar-refractivity contribution in [3.05, 3.63) is 59.2 Å². The molecule has 1 amide bonds. The molecule has 0 saturated heterocycles. The fraction of sp³-hybridized carbons (Fsp3) is 0.278. The maximum atomic E-state index is 12.4. The molecule has 4 nitrogen and oxygen atoms in total. The number of fused-ring (bicyclic) bond motifs is 1. The highest BCUT2D eigenvalue weighted by Crippen LogP contribution is 2.43. The van der Waals surface area contributed by atoms with Gasteiger partial charge in [0, 0.05) is 18.2 Å². The minimum Gasteiger partial charge on any atom is -0.496 e. The zero-order valence-electron chi connectivity index (χ0n) is 13.0. The Hall–Kier alpha value is -2.49. The minimum absolute atomic E-state index is 0.0768. The van der Waals surface area contributed by atoms with Crippen LogP contribution in [-0.2, 0) is 11.2 Å². The van der Waals surface area contributed by atoms with Crippen molar-refractivity contribution in [2.75, 3.05) is 21.3 Å². The molecule has 1 aliphatic rings. The van der Waals surface area contributed by atoms with Gasteiger partial charge < -0.3 is 14.4 Å². The van der Waals surface area contributed by atoms with Crippen LogP contribution in [0.2, 0.25) is 0 Å². The van der Waals surface area contributed by atoms with E-state index >= 15 is 0 Å². The molecule has 0 N–H and O–H groups in total. The molecular formula is C18H19NO3. The number of hydrogen-bond acceptors (Lipinski definition) is 3. The van der Waals surface area contributed by atoms with Gasteiger partial charge in [-0.05, 0) is 17.7 Å². The average Bonchev–Trinajstić information content (AvgIpc) is 2.56. The van der Waals surface area contributed by atoms with Gasteiger partial charge in [-0.25, -0.2) is 0 Å². The van der Waals surface area contributed by atoms with Crippen LogP contribution in [0.3, 0.4) is 0 Å². The molecule has 114 valence electrons. The fourth-order valence-corrected chi connectivity index (χ4v) is 3.11. The van der Waals surface area contributed by atoms with Gasteiger partial charge in [0.05, 0.1) is 26.7 Å². The lowest BCUT2D eigenvalue weighted by atomic mass is 9.87. The molecule has 0 saturated carbocycles. The highest BCUT2D eigenvalue weighted by atomic mass is 16.5. The van der Waals surface area contributed by atoms with Crippen molar-refractivity contribution in [3.63, 3.8) is 0 Å². The Bertz CT molecular complexity index is 697. The number of likely N-dealkylation sites (N-methyl/N-ethyl adjacent to an activating group) is 1. The van der Waals surface area contributed by atoms with Gasteiger partial charge in [-0.3, -0.25) is 4.79 Å². The van der Waals surface area contributed by atoms with Crippen LogP contribution in [-0.4, -0.2) is 32.1 Å². The molecule has 0 spiro atoms. The summed E-state index contributed by atoms with van der Waals surface area (Å²) in [5, 5.41) is 0. The lowest BCUT2D eigenvalue weighted by Gasteiger charge is -2.36. The van der Waals surface area contributed by atoms with E-state index in [2.05, 4.69) is 0 Å². The summed E-state index contributed by atoms with van der Waals surface area (Å²) in [6, 6.07) is 13.6. The molecule has 3 rings (SSSR count). The summed E-state index contributed by atoms with van der Waals surface area (Å²) >= 11 is 0. The quantitative estimate of drug-likeness (QED) is 0.874. The van der Waals surface area contributed by atoms with Crippen LogP contribution in [0.4, 0.5) is 0 Å². The summed E-state index contributed by atoms with van der Waals surface area (Å²) in [4.78, 5) is 14.2. The molecule has 2 aromatic carbocycles. The molecule has 1 atom stereocenters. The Kier molecular flexibility index (Phi) is 3.75. The third-order valence-electron chi connectivity index (χ3n) is 4.21. The second-order valence-corrected chi connectivity index (χ2v) is 5.36. The van der Waals surface area contributed by atoms with Gasteiger partial charge in [-0.2, -0.15) is 0 Å². The summed E-state index contributed by atoms with van der Waals surface area (Å²) in [6.07, 6.45) is 0.329. The van der Waals surface area contributed by atoms with Crippen LogP contribution in [0, 0.1) is 0 Å². The predicted octanol–water partition coefficient (Wildman–Crippen LogP) is 2.81. The summed E-state index contributed by atoms with van der Waals surface area (Å²) in [6.45, 7) is 0. The second kappa shape index (κ2) is 5.72. The topological polar surface area (TPSA) is 38.8 Å². The number of benzene rings is 2. The van der Waals surface area contributed by atoms with Crippen LogP contribution < -0.4 is 9.47 Å². The number of hydrogen-bond donors (Lipinski definition) is 0. The first kappa shape index (κ1) is 14.4. The summed E-state index contributed by atoms with van der Waals surface area (Å²) in [7, 11) is 5.12. The molecule has 1 aliphatic heterocycles. The first-order valence-corrected chi connectivity index (χ1v) is 7.21. The Morgan fingerprint density at radius 1 is 1.00 bits per heavy atom. The van der Waals surface area contributed by atoms with E-state index in [1.165, 1.54) is 0 Å². The van der Waals surface area contributed by atoms with Crippen molar-refractivity contribution < 1.29 is 14.3 Å². The van der Waals surface area contributed by atoms with Crippen molar-refractivity contribution in [2.24, 2.45) is 0 Å². The number of amides is 1. The number of methoxy groups -OCH3 is 2. The minimum atomic E-state index is -0.164.